The molecule has 1 N–H and O–H groups in total. The van der Waals surface area contributed by atoms with Gasteiger partial charge in [0.1, 0.15) is 11.8 Å². The van der Waals surface area contributed by atoms with Gasteiger partial charge in [-0.3, -0.25) is 13.9 Å². The number of carbonyl (C=O) groups is 2. The second-order valence-electron chi connectivity index (χ2n) is 7.70. The van der Waals surface area contributed by atoms with Crippen LogP contribution in [0.4, 0.5) is 5.69 Å². The van der Waals surface area contributed by atoms with Gasteiger partial charge in [0.25, 0.3) is 0 Å². The minimum absolute atomic E-state index is 0.0608. The van der Waals surface area contributed by atoms with Gasteiger partial charge < -0.3 is 15.0 Å². The number of nitrogens with one attached hydrogen (secondary N) is 1. The first-order chi connectivity index (χ1) is 16.0. The van der Waals surface area contributed by atoms with Gasteiger partial charge in [-0.2, -0.15) is 0 Å². The second-order valence-corrected chi connectivity index (χ2v) is 10.9. The van der Waals surface area contributed by atoms with E-state index in [0.717, 1.165) is 16.3 Å². The van der Waals surface area contributed by atoms with Crippen molar-refractivity contribution < 1.29 is 22.7 Å². The molecule has 8 nitrogen and oxygen atoms in total. The van der Waals surface area contributed by atoms with E-state index in [1.807, 2.05) is 24.3 Å². The number of ether oxygens (including phenoxy) is 1. The maximum Gasteiger partial charge on any atom is 0.242 e. The van der Waals surface area contributed by atoms with Crippen LogP contribution in [-0.2, 0) is 26.2 Å². The topological polar surface area (TPSA) is 96.0 Å². The minimum Gasteiger partial charge on any atom is -0.495 e. The predicted molar refractivity (Wildman–Crippen MR) is 138 cm³/mol. The monoisotopic (exact) mass is 573 g/mol. The highest BCUT2D eigenvalue weighted by Gasteiger charge is 2.26. The second kappa shape index (κ2) is 12.4. The van der Waals surface area contributed by atoms with E-state index in [1.54, 1.807) is 19.1 Å². The van der Waals surface area contributed by atoms with Crippen LogP contribution in [0.5, 0.6) is 5.75 Å². The first-order valence-electron chi connectivity index (χ1n) is 10.5. The molecule has 0 aliphatic heterocycles. The number of amides is 2. The van der Waals surface area contributed by atoms with Gasteiger partial charge in [0.2, 0.25) is 21.8 Å². The number of rotatable bonds is 11. The summed E-state index contributed by atoms with van der Waals surface area (Å²) in [5.41, 5.74) is 1.24. The third-order valence-corrected chi connectivity index (χ3v) is 7.21. The van der Waals surface area contributed by atoms with Crippen molar-refractivity contribution >= 4 is 55.1 Å². The number of sulfonamides is 1. The largest absolute Gasteiger partial charge is 0.495 e. The molecule has 0 saturated carbocycles. The fourth-order valence-corrected chi connectivity index (χ4v) is 5.09. The van der Waals surface area contributed by atoms with Crippen molar-refractivity contribution in [3.8, 4) is 5.75 Å². The van der Waals surface area contributed by atoms with Gasteiger partial charge in [0, 0.05) is 31.0 Å². The Morgan fingerprint density at radius 1 is 1.21 bits per heavy atom. The van der Waals surface area contributed by atoms with Crippen molar-refractivity contribution in [2.45, 2.75) is 32.4 Å². The number of nitrogens with zero attached hydrogens (tertiary/aromatic N) is 2. The van der Waals surface area contributed by atoms with E-state index in [9.17, 15) is 18.0 Å². The number of hydrogen-bond acceptors (Lipinski definition) is 5. The van der Waals surface area contributed by atoms with E-state index in [-0.39, 0.29) is 42.8 Å². The molecule has 34 heavy (non-hydrogen) atoms. The summed E-state index contributed by atoms with van der Waals surface area (Å²) < 4.78 is 32.0. The van der Waals surface area contributed by atoms with E-state index in [2.05, 4.69) is 21.2 Å². The summed E-state index contributed by atoms with van der Waals surface area (Å²) >= 11 is 9.59. The molecular weight excluding hydrogens is 546 g/mol. The van der Waals surface area contributed by atoms with Gasteiger partial charge >= 0.3 is 0 Å². The van der Waals surface area contributed by atoms with Crippen LogP contribution in [0.3, 0.4) is 0 Å². The lowest BCUT2D eigenvalue weighted by Crippen LogP contribution is -2.46. The normalized spacial score (nSPS) is 12.1. The summed E-state index contributed by atoms with van der Waals surface area (Å²) in [5, 5.41) is 2.86. The molecule has 0 bridgehead atoms. The van der Waals surface area contributed by atoms with Crippen LogP contribution in [0.25, 0.3) is 0 Å². The van der Waals surface area contributed by atoms with Crippen LogP contribution in [0, 0.1) is 0 Å². The van der Waals surface area contributed by atoms with Crippen LogP contribution in [0.1, 0.15) is 25.3 Å². The summed E-state index contributed by atoms with van der Waals surface area (Å²) in [5.74, 6) is -0.105. The zero-order chi connectivity index (χ0) is 25.5. The number of hydrogen-bond donors (Lipinski definition) is 1. The van der Waals surface area contributed by atoms with Crippen molar-refractivity contribution in [3.05, 3.63) is 57.5 Å². The van der Waals surface area contributed by atoms with Gasteiger partial charge in [-0.05, 0) is 49.2 Å². The van der Waals surface area contributed by atoms with Gasteiger partial charge in [-0.25, -0.2) is 8.42 Å². The maximum atomic E-state index is 13.1. The van der Waals surface area contributed by atoms with E-state index < -0.39 is 16.1 Å². The molecule has 186 valence electrons. The molecule has 1 atom stereocenters. The lowest BCUT2D eigenvalue weighted by atomic mass is 10.1. The number of likely N-dealkylation sites (N-methyl/N-ethyl adjacent to an activating group) is 1. The number of benzene rings is 2. The third-order valence-electron chi connectivity index (χ3n) is 5.23. The summed E-state index contributed by atoms with van der Waals surface area (Å²) in [6.45, 7) is 1.99. The van der Waals surface area contributed by atoms with E-state index in [1.165, 1.54) is 29.4 Å². The van der Waals surface area contributed by atoms with Gasteiger partial charge in [0.15, 0.2) is 0 Å². The van der Waals surface area contributed by atoms with Gasteiger partial charge in [-0.1, -0.05) is 39.7 Å². The molecule has 2 rings (SSSR count). The first kappa shape index (κ1) is 27.9. The summed E-state index contributed by atoms with van der Waals surface area (Å²) in [4.78, 5) is 26.9. The van der Waals surface area contributed by atoms with Crippen LogP contribution >= 0.6 is 27.5 Å². The Bertz CT molecular complexity index is 1130. The van der Waals surface area contributed by atoms with Crippen molar-refractivity contribution in [1.29, 1.82) is 0 Å². The smallest absolute Gasteiger partial charge is 0.242 e. The van der Waals surface area contributed by atoms with Crippen LogP contribution in [0.15, 0.2) is 46.9 Å². The molecular formula is C23H29BrClN3O5S. The predicted octanol–water partition coefficient (Wildman–Crippen LogP) is 3.82. The van der Waals surface area contributed by atoms with E-state index >= 15 is 0 Å². The first-order valence-corrected chi connectivity index (χ1v) is 13.6. The Morgan fingerprint density at radius 2 is 1.91 bits per heavy atom. The quantitative estimate of drug-likeness (QED) is 0.440. The van der Waals surface area contributed by atoms with Crippen molar-refractivity contribution in [2.24, 2.45) is 0 Å². The molecule has 0 heterocycles. The Morgan fingerprint density at radius 3 is 2.47 bits per heavy atom. The highest BCUT2D eigenvalue weighted by Crippen LogP contribution is 2.30. The average molecular weight is 575 g/mol. The molecule has 0 aliphatic carbocycles. The molecule has 0 saturated heterocycles. The summed E-state index contributed by atoms with van der Waals surface area (Å²) in [6.07, 6.45) is 1.41. The Labute approximate surface area is 214 Å². The number of anilines is 1. The zero-order valence-electron chi connectivity index (χ0n) is 19.5. The van der Waals surface area contributed by atoms with Crippen LogP contribution in [-0.4, -0.2) is 58.1 Å². The zero-order valence-corrected chi connectivity index (χ0v) is 22.7. The van der Waals surface area contributed by atoms with Crippen molar-refractivity contribution in [2.75, 3.05) is 31.3 Å². The Kier molecular flexibility index (Phi) is 10.2. The van der Waals surface area contributed by atoms with Crippen molar-refractivity contribution in [1.82, 2.24) is 10.2 Å². The molecule has 1 unspecified atom stereocenters. The fourth-order valence-electron chi connectivity index (χ4n) is 3.44. The lowest BCUT2D eigenvalue weighted by molar-refractivity contribution is -0.140. The highest BCUT2D eigenvalue weighted by molar-refractivity contribution is 9.10. The van der Waals surface area contributed by atoms with E-state index in [0.29, 0.717) is 11.4 Å². The molecule has 0 spiro atoms. The van der Waals surface area contributed by atoms with Gasteiger partial charge in [-0.15, -0.1) is 0 Å². The Hall–Kier alpha value is -2.30. The molecule has 11 heteroatoms. The lowest BCUT2D eigenvalue weighted by Gasteiger charge is -2.29. The SMILES string of the molecule is CNC(=O)C(C)N(Cc1cccc(Br)c1)C(=O)CCCN(c1ccc(OC)c(Cl)c1)S(C)(=O)=O. The number of halogens is 2. The van der Waals surface area contributed by atoms with Crippen molar-refractivity contribution in [3.63, 3.8) is 0 Å². The van der Waals surface area contributed by atoms with Crippen LogP contribution in [0.2, 0.25) is 5.02 Å². The standard InChI is InChI=1S/C23H29BrClN3O5S/c1-16(23(30)26-2)27(15-17-7-5-8-18(24)13-17)22(29)9-6-12-28(34(4,31)32)19-10-11-21(33-3)20(25)14-19/h5,7-8,10-11,13-14,16H,6,9,12,15H2,1-4H3,(H,26,30). The molecule has 0 aliphatic rings. The summed E-state index contributed by atoms with van der Waals surface area (Å²) in [7, 11) is -0.629. The Balaban J connectivity index is 2.17. The minimum atomic E-state index is -3.62. The molecule has 0 aromatic heterocycles. The average Bonchev–Trinajstić information content (AvgIpc) is 2.78. The third kappa shape index (κ3) is 7.61. The molecule has 2 aromatic rings. The van der Waals surface area contributed by atoms with E-state index in [4.69, 9.17) is 16.3 Å². The molecule has 2 amide bonds. The van der Waals surface area contributed by atoms with Gasteiger partial charge in [0.05, 0.1) is 24.1 Å². The fraction of sp³-hybridized carbons (Fsp3) is 0.391. The number of carbonyl (C=O) groups excluding carboxylic acids is 2. The van der Waals surface area contributed by atoms with Crippen LogP contribution < -0.4 is 14.4 Å². The summed E-state index contributed by atoms with van der Waals surface area (Å²) in [6, 6.07) is 11.5. The molecule has 0 radical (unpaired) electrons. The molecule has 0 fully saturated rings. The molecule has 2 aromatic carbocycles. The highest BCUT2D eigenvalue weighted by atomic mass is 79.9. The number of methoxy groups -OCH3 is 1. The maximum absolute atomic E-state index is 13.1.